The number of amides is 2. The van der Waals surface area contributed by atoms with Gasteiger partial charge in [-0.2, -0.15) is 0 Å². The third kappa shape index (κ3) is 5.86. The number of nitrogens with zero attached hydrogens (tertiary/aromatic N) is 2. The van der Waals surface area contributed by atoms with Crippen molar-refractivity contribution in [1.82, 2.24) is 9.80 Å². The number of nitrogens with two attached hydrogens (primary N) is 1. The number of benzene rings is 3. The van der Waals surface area contributed by atoms with Gasteiger partial charge in [-0.3, -0.25) is 9.59 Å². The molecule has 192 valence electrons. The standard InChI is InChI=1S/C29H30FN3O4/c1-2-5-25-28(35)33(15-14-32(25)27(34)24(31)17-19-9-12-23(30)13-10-19)26(29(36)37)18-20-8-11-21-6-3-4-7-22(21)16-20/h2-4,6-13,16,24-26H,1,5,14-15,17-18,31H2,(H,36,37)/t24-,25+,26+/m1/s1. The zero-order valence-electron chi connectivity index (χ0n) is 20.4. The van der Waals surface area contributed by atoms with E-state index in [1.807, 2.05) is 42.5 Å². The maximum atomic E-state index is 13.5. The number of fused-ring (bicyclic) bond motifs is 1. The summed E-state index contributed by atoms with van der Waals surface area (Å²) in [4.78, 5) is 41.8. The van der Waals surface area contributed by atoms with Gasteiger partial charge in [0.15, 0.2) is 0 Å². The predicted octanol–water partition coefficient (Wildman–Crippen LogP) is 3.16. The first-order valence-electron chi connectivity index (χ1n) is 12.2. The Morgan fingerprint density at radius 2 is 1.70 bits per heavy atom. The highest BCUT2D eigenvalue weighted by Crippen LogP contribution is 2.23. The third-order valence-electron chi connectivity index (χ3n) is 6.79. The normalized spacial score (nSPS) is 17.5. The fourth-order valence-electron chi connectivity index (χ4n) is 4.86. The summed E-state index contributed by atoms with van der Waals surface area (Å²) in [7, 11) is 0. The minimum absolute atomic E-state index is 0.0754. The van der Waals surface area contributed by atoms with Crippen molar-refractivity contribution in [3.05, 3.63) is 96.3 Å². The Morgan fingerprint density at radius 3 is 2.38 bits per heavy atom. The molecule has 0 bridgehead atoms. The van der Waals surface area contributed by atoms with Gasteiger partial charge >= 0.3 is 5.97 Å². The molecule has 0 aromatic heterocycles. The van der Waals surface area contributed by atoms with Gasteiger partial charge in [0.1, 0.15) is 17.9 Å². The molecular weight excluding hydrogens is 473 g/mol. The van der Waals surface area contributed by atoms with Crippen LogP contribution in [0.5, 0.6) is 0 Å². The Morgan fingerprint density at radius 1 is 1.03 bits per heavy atom. The first kappa shape index (κ1) is 26.0. The van der Waals surface area contributed by atoms with Crippen molar-refractivity contribution in [2.45, 2.75) is 37.4 Å². The maximum absolute atomic E-state index is 13.5. The lowest BCUT2D eigenvalue weighted by atomic mass is 9.97. The molecule has 3 atom stereocenters. The number of hydrogen-bond donors (Lipinski definition) is 2. The van der Waals surface area contributed by atoms with Crippen LogP contribution in [0, 0.1) is 5.82 Å². The molecule has 0 saturated carbocycles. The molecule has 0 unspecified atom stereocenters. The smallest absolute Gasteiger partial charge is 0.326 e. The monoisotopic (exact) mass is 503 g/mol. The Hall–Kier alpha value is -4.04. The summed E-state index contributed by atoms with van der Waals surface area (Å²) < 4.78 is 13.2. The van der Waals surface area contributed by atoms with Crippen LogP contribution in [0.1, 0.15) is 17.5 Å². The van der Waals surface area contributed by atoms with Crippen molar-refractivity contribution < 1.29 is 23.9 Å². The van der Waals surface area contributed by atoms with Gasteiger partial charge in [-0.1, -0.05) is 60.7 Å². The molecule has 0 aliphatic carbocycles. The first-order chi connectivity index (χ1) is 17.8. The van der Waals surface area contributed by atoms with Gasteiger partial charge in [0, 0.05) is 19.5 Å². The molecule has 37 heavy (non-hydrogen) atoms. The molecule has 4 rings (SSSR count). The SMILES string of the molecule is C=CC[C@H]1C(=O)N([C@@H](Cc2ccc3ccccc3c2)C(=O)O)CCN1C(=O)[C@H](N)Cc1ccc(F)cc1. The fraction of sp³-hybridized carbons (Fsp3) is 0.276. The quantitative estimate of drug-likeness (QED) is 0.437. The minimum Gasteiger partial charge on any atom is -0.480 e. The molecule has 8 heteroatoms. The maximum Gasteiger partial charge on any atom is 0.326 e. The number of carboxylic acid groups (broad SMARTS) is 1. The highest BCUT2D eigenvalue weighted by atomic mass is 19.1. The van der Waals surface area contributed by atoms with E-state index < -0.39 is 35.9 Å². The van der Waals surface area contributed by atoms with E-state index >= 15 is 0 Å². The molecule has 3 aromatic carbocycles. The number of hydrogen-bond acceptors (Lipinski definition) is 4. The molecule has 2 amide bonds. The molecular formula is C29H30FN3O4. The molecule has 0 radical (unpaired) electrons. The zero-order valence-corrected chi connectivity index (χ0v) is 20.4. The summed E-state index contributed by atoms with van der Waals surface area (Å²) in [6, 6.07) is 16.4. The van der Waals surface area contributed by atoms with Crippen molar-refractivity contribution in [2.75, 3.05) is 13.1 Å². The van der Waals surface area contributed by atoms with Gasteiger partial charge in [0.2, 0.25) is 11.8 Å². The topological polar surface area (TPSA) is 104 Å². The van der Waals surface area contributed by atoms with Crippen molar-refractivity contribution in [3.8, 4) is 0 Å². The molecule has 1 saturated heterocycles. The molecule has 7 nitrogen and oxygen atoms in total. The van der Waals surface area contributed by atoms with Crippen LogP contribution in [-0.4, -0.2) is 63.9 Å². The van der Waals surface area contributed by atoms with E-state index in [9.17, 15) is 23.9 Å². The first-order valence-corrected chi connectivity index (χ1v) is 12.2. The van der Waals surface area contributed by atoms with Gasteiger partial charge in [-0.05, 0) is 46.9 Å². The number of aliphatic carboxylic acids is 1. The van der Waals surface area contributed by atoms with Crippen molar-refractivity contribution in [2.24, 2.45) is 5.73 Å². The second-order valence-corrected chi connectivity index (χ2v) is 9.28. The van der Waals surface area contributed by atoms with Crippen LogP contribution in [0.2, 0.25) is 0 Å². The number of piperazine rings is 1. The van der Waals surface area contributed by atoms with Crippen LogP contribution in [0.4, 0.5) is 4.39 Å². The second-order valence-electron chi connectivity index (χ2n) is 9.28. The Labute approximate surface area is 215 Å². The van der Waals surface area contributed by atoms with E-state index in [1.165, 1.54) is 28.0 Å². The van der Waals surface area contributed by atoms with Crippen molar-refractivity contribution >= 4 is 28.6 Å². The van der Waals surface area contributed by atoms with Crippen LogP contribution in [0.3, 0.4) is 0 Å². The van der Waals surface area contributed by atoms with Crippen LogP contribution in [0.25, 0.3) is 10.8 Å². The largest absolute Gasteiger partial charge is 0.480 e. The Kier molecular flexibility index (Phi) is 7.98. The Bertz CT molecular complexity index is 1310. The Balaban J connectivity index is 1.51. The molecule has 0 spiro atoms. The summed E-state index contributed by atoms with van der Waals surface area (Å²) in [6.07, 6.45) is 2.04. The van der Waals surface area contributed by atoms with Crippen molar-refractivity contribution in [1.29, 1.82) is 0 Å². The van der Waals surface area contributed by atoms with Gasteiger partial charge in [0.05, 0.1) is 6.04 Å². The molecule has 1 aliphatic heterocycles. The van der Waals surface area contributed by atoms with Crippen molar-refractivity contribution in [3.63, 3.8) is 0 Å². The average molecular weight is 504 g/mol. The lowest BCUT2D eigenvalue weighted by Crippen LogP contribution is -2.64. The van der Waals surface area contributed by atoms with Crippen LogP contribution in [0.15, 0.2) is 79.4 Å². The van der Waals surface area contributed by atoms with Crippen LogP contribution < -0.4 is 5.73 Å². The van der Waals surface area contributed by atoms with Crippen LogP contribution in [-0.2, 0) is 27.2 Å². The fourth-order valence-corrected chi connectivity index (χ4v) is 4.86. The van der Waals surface area contributed by atoms with Gasteiger partial charge in [0.25, 0.3) is 0 Å². The summed E-state index contributed by atoms with van der Waals surface area (Å²) >= 11 is 0. The molecule has 1 aliphatic rings. The van der Waals surface area contributed by atoms with Gasteiger partial charge in [-0.15, -0.1) is 6.58 Å². The summed E-state index contributed by atoms with van der Waals surface area (Å²) in [5.41, 5.74) is 7.69. The van der Waals surface area contributed by atoms with E-state index in [2.05, 4.69) is 6.58 Å². The highest BCUT2D eigenvalue weighted by Gasteiger charge is 2.42. The van der Waals surface area contributed by atoms with E-state index in [0.29, 0.717) is 5.56 Å². The predicted molar refractivity (Wildman–Crippen MR) is 139 cm³/mol. The van der Waals surface area contributed by atoms with E-state index in [0.717, 1.165) is 16.3 Å². The van der Waals surface area contributed by atoms with E-state index in [4.69, 9.17) is 5.73 Å². The zero-order chi connectivity index (χ0) is 26.5. The lowest BCUT2D eigenvalue weighted by Gasteiger charge is -2.43. The van der Waals surface area contributed by atoms with E-state index in [-0.39, 0.29) is 38.2 Å². The van der Waals surface area contributed by atoms with Gasteiger partial charge in [-0.25, -0.2) is 9.18 Å². The minimum atomic E-state index is -1.10. The van der Waals surface area contributed by atoms with Crippen LogP contribution >= 0.6 is 0 Å². The summed E-state index contributed by atoms with van der Waals surface area (Å²) in [5.74, 6) is -2.34. The number of carbonyl (C=O) groups excluding carboxylic acids is 2. The average Bonchev–Trinajstić information content (AvgIpc) is 2.89. The second kappa shape index (κ2) is 11.3. The molecule has 1 heterocycles. The third-order valence-corrected chi connectivity index (χ3v) is 6.79. The summed E-state index contributed by atoms with van der Waals surface area (Å²) in [5, 5.41) is 12.1. The number of halogens is 1. The lowest BCUT2D eigenvalue weighted by molar-refractivity contribution is -0.160. The molecule has 3 aromatic rings. The number of carbonyl (C=O) groups is 3. The number of carboxylic acids is 1. The van der Waals surface area contributed by atoms with E-state index in [1.54, 1.807) is 12.1 Å². The molecule has 1 fully saturated rings. The summed E-state index contributed by atoms with van der Waals surface area (Å²) in [6.45, 7) is 3.94. The number of rotatable bonds is 9. The van der Waals surface area contributed by atoms with Gasteiger partial charge < -0.3 is 20.6 Å². The highest BCUT2D eigenvalue weighted by molar-refractivity contribution is 5.93. The molecule has 3 N–H and O–H groups in total.